The number of aromatic nitrogens is 3. The molecule has 3 rings (SSSR count). The lowest BCUT2D eigenvalue weighted by Crippen LogP contribution is -2.04. The minimum absolute atomic E-state index is 0.154. The first kappa shape index (κ1) is 13.2. The number of ether oxygens (including phenoxy) is 1. The van der Waals surface area contributed by atoms with Crippen LogP contribution in [0.25, 0.3) is 22.2 Å². The van der Waals surface area contributed by atoms with Crippen LogP contribution in [0.2, 0.25) is 0 Å². The van der Waals surface area contributed by atoms with Gasteiger partial charge in [0.2, 0.25) is 0 Å². The van der Waals surface area contributed by atoms with E-state index in [9.17, 15) is 4.79 Å². The number of aromatic amines is 1. The number of nitrogens with one attached hydrogen (secondary N) is 1. The Morgan fingerprint density at radius 2 is 2.14 bits per heavy atom. The first-order valence-corrected chi connectivity index (χ1v) is 6.45. The molecule has 3 aromatic rings. The highest BCUT2D eigenvalue weighted by molar-refractivity contribution is 5.98. The van der Waals surface area contributed by atoms with E-state index >= 15 is 0 Å². The number of aryl methyl sites for hydroxylation is 2. The summed E-state index contributed by atoms with van der Waals surface area (Å²) in [6.45, 7) is 1.94. The minimum Gasteiger partial charge on any atom is -0.497 e. The van der Waals surface area contributed by atoms with E-state index in [-0.39, 0.29) is 5.69 Å². The molecule has 0 spiro atoms. The van der Waals surface area contributed by atoms with Gasteiger partial charge in [0.1, 0.15) is 11.4 Å². The lowest BCUT2D eigenvalue weighted by atomic mass is 10.1. The van der Waals surface area contributed by atoms with E-state index in [0.29, 0.717) is 5.69 Å². The van der Waals surface area contributed by atoms with Gasteiger partial charge in [0, 0.05) is 29.2 Å². The number of carboxylic acids is 1. The Hall–Kier alpha value is -2.76. The molecule has 0 saturated heterocycles. The van der Waals surface area contributed by atoms with Gasteiger partial charge in [0.05, 0.1) is 12.8 Å². The van der Waals surface area contributed by atoms with E-state index in [0.717, 1.165) is 27.9 Å². The summed E-state index contributed by atoms with van der Waals surface area (Å²) < 4.78 is 6.63. The number of H-pyrrole nitrogens is 1. The summed E-state index contributed by atoms with van der Waals surface area (Å²) in [5, 5.41) is 14.4. The van der Waals surface area contributed by atoms with Crippen LogP contribution in [0.3, 0.4) is 0 Å². The molecular formula is C15H15N3O3. The maximum absolute atomic E-state index is 11.2. The van der Waals surface area contributed by atoms with Gasteiger partial charge in [0.15, 0.2) is 0 Å². The number of carbonyl (C=O) groups is 1. The van der Waals surface area contributed by atoms with E-state index < -0.39 is 5.97 Å². The third-order valence-electron chi connectivity index (χ3n) is 3.55. The normalized spacial score (nSPS) is 11.0. The maximum atomic E-state index is 11.2. The predicted octanol–water partition coefficient (Wildman–Crippen LogP) is 2.58. The molecule has 0 amide bonds. The summed E-state index contributed by atoms with van der Waals surface area (Å²) in [7, 11) is 3.24. The van der Waals surface area contributed by atoms with Crippen molar-refractivity contribution in [2.24, 2.45) is 7.05 Å². The maximum Gasteiger partial charge on any atom is 0.354 e. The van der Waals surface area contributed by atoms with Crippen LogP contribution >= 0.6 is 0 Å². The van der Waals surface area contributed by atoms with Crippen molar-refractivity contribution >= 4 is 16.9 Å². The second-order valence-electron chi connectivity index (χ2n) is 4.88. The van der Waals surface area contributed by atoms with Gasteiger partial charge in [-0.1, -0.05) is 0 Å². The highest BCUT2D eigenvalue weighted by atomic mass is 16.5. The van der Waals surface area contributed by atoms with Crippen molar-refractivity contribution in [3.63, 3.8) is 0 Å². The summed E-state index contributed by atoms with van der Waals surface area (Å²) in [6.07, 6.45) is 0. The van der Waals surface area contributed by atoms with Crippen molar-refractivity contribution in [3.05, 3.63) is 35.7 Å². The Morgan fingerprint density at radius 1 is 1.38 bits per heavy atom. The van der Waals surface area contributed by atoms with Gasteiger partial charge < -0.3 is 14.8 Å². The van der Waals surface area contributed by atoms with E-state index in [2.05, 4.69) is 10.1 Å². The summed E-state index contributed by atoms with van der Waals surface area (Å²) in [5.74, 6) is -0.247. The fourth-order valence-electron chi connectivity index (χ4n) is 2.55. The van der Waals surface area contributed by atoms with E-state index in [1.165, 1.54) is 4.68 Å². The molecule has 6 heteroatoms. The summed E-state index contributed by atoms with van der Waals surface area (Å²) in [6, 6.07) is 7.32. The van der Waals surface area contributed by atoms with Crippen molar-refractivity contribution in [2.75, 3.05) is 7.11 Å². The van der Waals surface area contributed by atoms with Crippen molar-refractivity contribution in [3.8, 4) is 17.0 Å². The zero-order valence-corrected chi connectivity index (χ0v) is 12.0. The third-order valence-corrected chi connectivity index (χ3v) is 3.55. The third kappa shape index (κ3) is 2.05. The number of aromatic carboxylic acids is 1. The highest BCUT2D eigenvalue weighted by Crippen LogP contribution is 2.33. The number of fused-ring (bicyclic) bond motifs is 1. The zero-order chi connectivity index (χ0) is 15.1. The number of carboxylic acid groups (broad SMARTS) is 1. The molecule has 0 saturated carbocycles. The lowest BCUT2D eigenvalue weighted by molar-refractivity contribution is 0.0685. The first-order chi connectivity index (χ1) is 10.0. The molecule has 0 unspecified atom stereocenters. The summed E-state index contributed by atoms with van der Waals surface area (Å²) >= 11 is 0. The van der Waals surface area contributed by atoms with E-state index in [1.54, 1.807) is 20.2 Å². The van der Waals surface area contributed by atoms with Crippen LogP contribution in [-0.4, -0.2) is 33.0 Å². The molecule has 0 atom stereocenters. The molecule has 0 radical (unpaired) electrons. The first-order valence-electron chi connectivity index (χ1n) is 6.45. The minimum atomic E-state index is -0.994. The van der Waals surface area contributed by atoms with Crippen molar-refractivity contribution < 1.29 is 14.6 Å². The van der Waals surface area contributed by atoms with Crippen LogP contribution in [0.1, 0.15) is 16.2 Å². The topological polar surface area (TPSA) is 80.1 Å². The van der Waals surface area contributed by atoms with Crippen LogP contribution in [0.15, 0.2) is 24.3 Å². The smallest absolute Gasteiger partial charge is 0.354 e. The average molecular weight is 285 g/mol. The van der Waals surface area contributed by atoms with Crippen LogP contribution in [0.5, 0.6) is 5.75 Å². The van der Waals surface area contributed by atoms with Crippen LogP contribution in [0, 0.1) is 6.92 Å². The monoisotopic (exact) mass is 285 g/mol. The van der Waals surface area contributed by atoms with Crippen LogP contribution < -0.4 is 4.74 Å². The Balaban J connectivity index is 2.26. The molecule has 0 fully saturated rings. The molecule has 0 aliphatic carbocycles. The molecule has 6 nitrogen and oxygen atoms in total. The van der Waals surface area contributed by atoms with E-state index in [1.807, 2.05) is 25.1 Å². The molecule has 21 heavy (non-hydrogen) atoms. The lowest BCUT2D eigenvalue weighted by Gasteiger charge is -2.00. The fraction of sp³-hybridized carbons (Fsp3) is 0.200. The quantitative estimate of drug-likeness (QED) is 0.775. The molecule has 0 aliphatic rings. The standard InChI is InChI=1S/C15H15N3O3/c1-8-14(12-7-13(15(19)20)18(2)17-12)10-6-9(21-3)4-5-11(10)16-8/h4-7,16H,1-3H3,(H,19,20). The SMILES string of the molecule is COc1ccc2[nH]c(C)c(-c3cc(C(=O)O)n(C)n3)c2c1. The summed E-state index contributed by atoms with van der Waals surface area (Å²) in [4.78, 5) is 14.4. The van der Waals surface area contributed by atoms with Gasteiger partial charge in [-0.2, -0.15) is 5.10 Å². The molecule has 2 heterocycles. The summed E-state index contributed by atoms with van der Waals surface area (Å²) in [5.41, 5.74) is 3.58. The number of methoxy groups -OCH3 is 1. The van der Waals surface area contributed by atoms with Crippen molar-refractivity contribution in [2.45, 2.75) is 6.92 Å². The highest BCUT2D eigenvalue weighted by Gasteiger charge is 2.18. The Bertz CT molecular complexity index is 845. The Morgan fingerprint density at radius 3 is 2.76 bits per heavy atom. The average Bonchev–Trinajstić information content (AvgIpc) is 2.97. The number of hydrogen-bond donors (Lipinski definition) is 2. The van der Waals surface area contributed by atoms with Gasteiger partial charge >= 0.3 is 5.97 Å². The second kappa shape index (κ2) is 4.66. The van der Waals surface area contributed by atoms with Crippen LogP contribution in [0.4, 0.5) is 0 Å². The molecule has 2 aromatic heterocycles. The molecule has 0 bridgehead atoms. The number of hydrogen-bond acceptors (Lipinski definition) is 3. The van der Waals surface area contributed by atoms with Gasteiger partial charge in [-0.05, 0) is 31.2 Å². The number of benzene rings is 1. The van der Waals surface area contributed by atoms with Crippen LogP contribution in [-0.2, 0) is 7.05 Å². The molecule has 108 valence electrons. The van der Waals surface area contributed by atoms with Crippen molar-refractivity contribution in [1.82, 2.24) is 14.8 Å². The molecular weight excluding hydrogens is 270 g/mol. The number of rotatable bonds is 3. The van der Waals surface area contributed by atoms with Gasteiger partial charge in [0.25, 0.3) is 0 Å². The zero-order valence-electron chi connectivity index (χ0n) is 12.0. The van der Waals surface area contributed by atoms with Gasteiger partial charge in [-0.25, -0.2) is 4.79 Å². The largest absolute Gasteiger partial charge is 0.497 e. The van der Waals surface area contributed by atoms with Gasteiger partial charge in [-0.15, -0.1) is 0 Å². The van der Waals surface area contributed by atoms with Gasteiger partial charge in [-0.3, -0.25) is 4.68 Å². The Labute approximate surface area is 121 Å². The molecule has 2 N–H and O–H groups in total. The number of nitrogens with zero attached hydrogens (tertiary/aromatic N) is 2. The van der Waals surface area contributed by atoms with Crippen molar-refractivity contribution in [1.29, 1.82) is 0 Å². The molecule has 0 aliphatic heterocycles. The van der Waals surface area contributed by atoms with E-state index in [4.69, 9.17) is 9.84 Å². The predicted molar refractivity (Wildman–Crippen MR) is 78.7 cm³/mol. The fourth-order valence-corrected chi connectivity index (χ4v) is 2.55. The second-order valence-corrected chi connectivity index (χ2v) is 4.88. The Kier molecular flexibility index (Phi) is 2.94. The molecule has 1 aromatic carbocycles.